The fraction of sp³-hybridized carbons (Fsp3) is 0.750. The second-order valence-electron chi connectivity index (χ2n) is 5.01. The number of carboxylic acids is 1. The molecule has 2 atom stereocenters. The molecular weight excluding hydrogens is 233 g/mol. The molecule has 98 valence electrons. The van der Waals surface area contributed by atoms with Gasteiger partial charge in [-0.15, -0.1) is 0 Å². The molecule has 0 saturated heterocycles. The Balaban J connectivity index is 2.65. The lowest BCUT2D eigenvalue weighted by Gasteiger charge is -2.35. The number of aliphatic carboxylic acids is 1. The van der Waals surface area contributed by atoms with Crippen LogP contribution in [0.4, 0.5) is 13.2 Å². The molecular formula is C12H17F3O2. The summed E-state index contributed by atoms with van der Waals surface area (Å²) in [5, 5.41) is 9.10. The molecule has 1 N–H and O–H groups in total. The number of rotatable bonds is 3. The highest BCUT2D eigenvalue weighted by Gasteiger charge is 2.40. The molecule has 0 aromatic heterocycles. The van der Waals surface area contributed by atoms with Crippen molar-refractivity contribution in [1.29, 1.82) is 0 Å². The largest absolute Gasteiger partial charge is 0.481 e. The van der Waals surface area contributed by atoms with Crippen molar-refractivity contribution < 1.29 is 23.1 Å². The zero-order chi connectivity index (χ0) is 13.3. The second-order valence-corrected chi connectivity index (χ2v) is 5.01. The predicted octanol–water partition coefficient (Wildman–Crippen LogP) is 3.78. The maximum Gasteiger partial charge on any atom is 0.389 e. The molecule has 2 nitrogen and oxygen atoms in total. The minimum Gasteiger partial charge on any atom is -0.481 e. The minimum absolute atomic E-state index is 0.0104. The first kappa shape index (κ1) is 14.1. The van der Waals surface area contributed by atoms with Crippen molar-refractivity contribution in [3.8, 4) is 0 Å². The molecule has 1 aliphatic rings. The van der Waals surface area contributed by atoms with Gasteiger partial charge in [0, 0.05) is 6.42 Å². The molecule has 0 aromatic carbocycles. The standard InChI is InChI=1S/C12H17F3O2/c1-8-7-9(4-6-12(13,14)15)3-5-11(8,2)10(16)17/h3,8H,4-7H2,1-2H3,(H,16,17). The Labute approximate surface area is 98.5 Å². The van der Waals surface area contributed by atoms with E-state index in [9.17, 15) is 18.0 Å². The molecule has 0 amide bonds. The number of carboxylic acid groups (broad SMARTS) is 1. The number of allylic oxidation sites excluding steroid dienone is 2. The smallest absolute Gasteiger partial charge is 0.389 e. The summed E-state index contributed by atoms with van der Waals surface area (Å²) in [6.07, 6.45) is -2.55. The highest BCUT2D eigenvalue weighted by molar-refractivity contribution is 5.75. The van der Waals surface area contributed by atoms with Gasteiger partial charge < -0.3 is 5.11 Å². The molecule has 2 unspecified atom stereocenters. The lowest BCUT2D eigenvalue weighted by molar-refractivity contribution is -0.151. The third-order valence-corrected chi connectivity index (χ3v) is 3.69. The van der Waals surface area contributed by atoms with Crippen LogP contribution in [0.1, 0.15) is 39.5 Å². The second kappa shape index (κ2) is 4.70. The monoisotopic (exact) mass is 250 g/mol. The number of hydrogen-bond donors (Lipinski definition) is 1. The molecule has 0 aromatic rings. The van der Waals surface area contributed by atoms with E-state index >= 15 is 0 Å². The Morgan fingerprint density at radius 2 is 2.18 bits per heavy atom. The highest BCUT2D eigenvalue weighted by Crippen LogP contribution is 2.42. The summed E-state index contributed by atoms with van der Waals surface area (Å²) >= 11 is 0. The summed E-state index contributed by atoms with van der Waals surface area (Å²) in [6.45, 7) is 3.44. The Morgan fingerprint density at radius 3 is 2.59 bits per heavy atom. The van der Waals surface area contributed by atoms with Crippen molar-refractivity contribution in [3.63, 3.8) is 0 Å². The average Bonchev–Trinajstić information content (AvgIpc) is 2.18. The SMILES string of the molecule is CC1CC(CCC(F)(F)F)=CCC1(C)C(=O)O. The molecule has 0 spiro atoms. The van der Waals surface area contributed by atoms with E-state index in [-0.39, 0.29) is 12.3 Å². The van der Waals surface area contributed by atoms with E-state index in [0.717, 1.165) is 5.57 Å². The molecule has 0 saturated carbocycles. The van der Waals surface area contributed by atoms with Crippen molar-refractivity contribution in [2.24, 2.45) is 11.3 Å². The van der Waals surface area contributed by atoms with Crippen molar-refractivity contribution >= 4 is 5.97 Å². The van der Waals surface area contributed by atoms with Crippen molar-refractivity contribution in [2.45, 2.75) is 45.7 Å². The summed E-state index contributed by atoms with van der Waals surface area (Å²) in [6, 6.07) is 0. The van der Waals surface area contributed by atoms with Crippen LogP contribution in [0.5, 0.6) is 0 Å². The van der Waals surface area contributed by atoms with Crippen LogP contribution in [0.3, 0.4) is 0 Å². The average molecular weight is 250 g/mol. The Hall–Kier alpha value is -1.00. The number of halogens is 3. The first-order valence-electron chi connectivity index (χ1n) is 5.63. The first-order chi connectivity index (χ1) is 7.65. The highest BCUT2D eigenvalue weighted by atomic mass is 19.4. The molecule has 1 rings (SSSR count). The third kappa shape index (κ3) is 3.48. The van der Waals surface area contributed by atoms with E-state index < -0.39 is 24.0 Å². The Kier molecular flexibility index (Phi) is 3.89. The van der Waals surface area contributed by atoms with Crippen LogP contribution in [0, 0.1) is 11.3 Å². The molecule has 0 fully saturated rings. The van der Waals surface area contributed by atoms with E-state index in [1.54, 1.807) is 19.9 Å². The molecule has 0 bridgehead atoms. The van der Waals surface area contributed by atoms with Gasteiger partial charge in [0.2, 0.25) is 0 Å². The van der Waals surface area contributed by atoms with Gasteiger partial charge >= 0.3 is 12.1 Å². The van der Waals surface area contributed by atoms with E-state index in [1.165, 1.54) is 0 Å². The Bertz CT molecular complexity index is 333. The van der Waals surface area contributed by atoms with Gasteiger partial charge in [0.05, 0.1) is 5.41 Å². The van der Waals surface area contributed by atoms with Gasteiger partial charge in [-0.1, -0.05) is 18.6 Å². The van der Waals surface area contributed by atoms with Gasteiger partial charge in [0.15, 0.2) is 0 Å². The molecule has 0 radical (unpaired) electrons. The van der Waals surface area contributed by atoms with E-state index in [2.05, 4.69) is 0 Å². The van der Waals surface area contributed by atoms with Crippen LogP contribution in [-0.4, -0.2) is 17.3 Å². The van der Waals surface area contributed by atoms with Gasteiger partial charge in [-0.25, -0.2) is 0 Å². The van der Waals surface area contributed by atoms with E-state index in [0.29, 0.717) is 12.8 Å². The van der Waals surface area contributed by atoms with Crippen molar-refractivity contribution in [3.05, 3.63) is 11.6 Å². The zero-order valence-corrected chi connectivity index (χ0v) is 9.97. The lowest BCUT2D eigenvalue weighted by Crippen LogP contribution is -2.36. The Morgan fingerprint density at radius 1 is 1.59 bits per heavy atom. The predicted molar refractivity (Wildman–Crippen MR) is 57.5 cm³/mol. The minimum atomic E-state index is -4.14. The maximum absolute atomic E-state index is 12.1. The van der Waals surface area contributed by atoms with Crippen LogP contribution in [0.25, 0.3) is 0 Å². The van der Waals surface area contributed by atoms with Crippen LogP contribution in [-0.2, 0) is 4.79 Å². The normalized spacial score (nSPS) is 29.9. The molecule has 0 aliphatic heterocycles. The number of carbonyl (C=O) groups is 1. The third-order valence-electron chi connectivity index (χ3n) is 3.69. The molecule has 1 aliphatic carbocycles. The fourth-order valence-electron chi connectivity index (χ4n) is 2.06. The van der Waals surface area contributed by atoms with Crippen LogP contribution in [0.15, 0.2) is 11.6 Å². The number of hydrogen-bond acceptors (Lipinski definition) is 1. The first-order valence-corrected chi connectivity index (χ1v) is 5.63. The van der Waals surface area contributed by atoms with Gasteiger partial charge in [-0.3, -0.25) is 4.79 Å². The summed E-state index contributed by atoms with van der Waals surface area (Å²) in [7, 11) is 0. The molecule has 5 heteroatoms. The summed E-state index contributed by atoms with van der Waals surface area (Å²) in [5.74, 6) is -1.01. The summed E-state index contributed by atoms with van der Waals surface area (Å²) in [5.41, 5.74) is -0.115. The van der Waals surface area contributed by atoms with Crippen molar-refractivity contribution in [1.82, 2.24) is 0 Å². The van der Waals surface area contributed by atoms with E-state index in [1.807, 2.05) is 0 Å². The number of alkyl halides is 3. The van der Waals surface area contributed by atoms with Gasteiger partial charge in [0.1, 0.15) is 0 Å². The van der Waals surface area contributed by atoms with Gasteiger partial charge in [0.25, 0.3) is 0 Å². The van der Waals surface area contributed by atoms with Gasteiger partial charge in [-0.05, 0) is 32.1 Å². The maximum atomic E-state index is 12.1. The zero-order valence-electron chi connectivity index (χ0n) is 9.97. The lowest BCUT2D eigenvalue weighted by atomic mass is 9.68. The summed E-state index contributed by atoms with van der Waals surface area (Å²) in [4.78, 5) is 11.1. The quantitative estimate of drug-likeness (QED) is 0.774. The van der Waals surface area contributed by atoms with Crippen LogP contribution < -0.4 is 0 Å². The molecule has 17 heavy (non-hydrogen) atoms. The van der Waals surface area contributed by atoms with Gasteiger partial charge in [-0.2, -0.15) is 13.2 Å². The van der Waals surface area contributed by atoms with Crippen LogP contribution in [0.2, 0.25) is 0 Å². The van der Waals surface area contributed by atoms with E-state index in [4.69, 9.17) is 5.11 Å². The summed E-state index contributed by atoms with van der Waals surface area (Å²) < 4.78 is 36.2. The fourth-order valence-corrected chi connectivity index (χ4v) is 2.06. The van der Waals surface area contributed by atoms with Crippen LogP contribution >= 0.6 is 0 Å². The van der Waals surface area contributed by atoms with Crippen molar-refractivity contribution in [2.75, 3.05) is 0 Å². The topological polar surface area (TPSA) is 37.3 Å². The molecule has 0 heterocycles.